The van der Waals surface area contributed by atoms with Crippen LogP contribution in [0.25, 0.3) is 0 Å². The first kappa shape index (κ1) is 12.3. The average Bonchev–Trinajstić information content (AvgIpc) is 2.25. The number of aromatic amines is 1. The molecule has 0 saturated carbocycles. The summed E-state index contributed by atoms with van der Waals surface area (Å²) in [5, 5.41) is 9.60. The van der Waals surface area contributed by atoms with Crippen molar-refractivity contribution >= 4 is 11.8 Å². The van der Waals surface area contributed by atoms with Crippen molar-refractivity contribution in [1.29, 1.82) is 0 Å². The first-order chi connectivity index (χ1) is 7.15. The van der Waals surface area contributed by atoms with Crippen LogP contribution in [0.5, 0.6) is 0 Å². The van der Waals surface area contributed by atoms with Crippen LogP contribution in [0.2, 0.25) is 0 Å². The van der Waals surface area contributed by atoms with Crippen molar-refractivity contribution in [3.8, 4) is 0 Å². The highest BCUT2D eigenvalue weighted by atomic mass is 32.2. The Morgan fingerprint density at radius 2 is 2.40 bits per heavy atom. The van der Waals surface area contributed by atoms with Crippen LogP contribution in [0.3, 0.4) is 0 Å². The summed E-state index contributed by atoms with van der Waals surface area (Å²) in [6, 6.07) is 1.49. The number of rotatable bonds is 5. The quantitative estimate of drug-likeness (QED) is 0.584. The number of hydrogen-bond donors (Lipinski definition) is 2. The number of nitrogens with one attached hydrogen (secondary N) is 1. The zero-order valence-electron chi connectivity index (χ0n) is 8.99. The van der Waals surface area contributed by atoms with Gasteiger partial charge in [-0.05, 0) is 5.92 Å². The molecule has 0 fully saturated rings. The lowest BCUT2D eigenvalue weighted by atomic mass is 10.2. The highest BCUT2D eigenvalue weighted by Gasteiger charge is 2.04. The molecule has 0 aliphatic rings. The maximum Gasteiger partial charge on any atom is 0.251 e. The Kier molecular flexibility index (Phi) is 4.84. The van der Waals surface area contributed by atoms with Crippen LogP contribution in [0.4, 0.5) is 0 Å². The Bertz CT molecular complexity index is 365. The van der Waals surface area contributed by atoms with Gasteiger partial charge in [-0.3, -0.25) is 4.79 Å². The van der Waals surface area contributed by atoms with Crippen molar-refractivity contribution in [2.24, 2.45) is 5.92 Å². The molecule has 1 atom stereocenters. The fourth-order valence-corrected chi connectivity index (χ4v) is 1.93. The lowest BCUT2D eigenvalue weighted by molar-refractivity contribution is 0.250. The molecule has 4 nitrogen and oxygen atoms in total. The third-order valence-corrected chi connectivity index (χ3v) is 3.17. The number of nitrogens with zero attached hydrogens (tertiary/aromatic N) is 1. The molecular weight excluding hydrogens is 212 g/mol. The fraction of sp³-hybridized carbons (Fsp3) is 0.600. The van der Waals surface area contributed by atoms with E-state index in [0.717, 1.165) is 17.2 Å². The number of aryl methyl sites for hydroxylation is 1. The van der Waals surface area contributed by atoms with Crippen LogP contribution in [-0.2, 0) is 6.42 Å². The van der Waals surface area contributed by atoms with Crippen molar-refractivity contribution in [3.05, 3.63) is 22.2 Å². The lowest BCUT2D eigenvalue weighted by Gasteiger charge is -2.06. The standard InChI is InChI=1S/C10H16N2O2S/c1-3-8-11-9(14)4-10(12-8)15-6-7(2)5-13/h4,7,13H,3,5-6H2,1-2H3,(H,11,12,14). The van der Waals surface area contributed by atoms with E-state index in [9.17, 15) is 4.79 Å². The van der Waals surface area contributed by atoms with Gasteiger partial charge in [0.25, 0.3) is 5.56 Å². The second-order valence-electron chi connectivity index (χ2n) is 3.48. The van der Waals surface area contributed by atoms with E-state index in [2.05, 4.69) is 9.97 Å². The van der Waals surface area contributed by atoms with Gasteiger partial charge in [-0.15, -0.1) is 11.8 Å². The van der Waals surface area contributed by atoms with Gasteiger partial charge in [0.15, 0.2) is 0 Å². The molecule has 0 spiro atoms. The predicted octanol–water partition coefficient (Wildman–Crippen LogP) is 1.05. The first-order valence-corrected chi connectivity index (χ1v) is 5.98. The van der Waals surface area contributed by atoms with Crippen molar-refractivity contribution in [2.75, 3.05) is 12.4 Å². The predicted molar refractivity (Wildman–Crippen MR) is 61.2 cm³/mol. The maximum absolute atomic E-state index is 11.2. The zero-order valence-corrected chi connectivity index (χ0v) is 9.80. The largest absolute Gasteiger partial charge is 0.396 e. The highest BCUT2D eigenvalue weighted by Crippen LogP contribution is 2.16. The van der Waals surface area contributed by atoms with Gasteiger partial charge < -0.3 is 10.1 Å². The first-order valence-electron chi connectivity index (χ1n) is 4.99. The number of hydrogen-bond acceptors (Lipinski definition) is 4. The number of aromatic nitrogens is 2. The molecule has 0 aliphatic carbocycles. The molecule has 5 heteroatoms. The van der Waals surface area contributed by atoms with Crippen molar-refractivity contribution in [1.82, 2.24) is 9.97 Å². The second kappa shape index (κ2) is 5.92. The summed E-state index contributed by atoms with van der Waals surface area (Å²) in [5.41, 5.74) is -0.110. The third kappa shape index (κ3) is 4.05. The van der Waals surface area contributed by atoms with Crippen LogP contribution in [0, 0.1) is 5.92 Å². The van der Waals surface area contributed by atoms with Gasteiger partial charge in [0.2, 0.25) is 0 Å². The maximum atomic E-state index is 11.2. The normalized spacial score (nSPS) is 12.7. The summed E-state index contributed by atoms with van der Waals surface area (Å²) in [6.45, 7) is 4.07. The molecule has 0 radical (unpaired) electrons. The Morgan fingerprint density at radius 3 is 3.00 bits per heavy atom. The fourth-order valence-electron chi connectivity index (χ4n) is 1.01. The number of aliphatic hydroxyl groups is 1. The van der Waals surface area contributed by atoms with Crippen molar-refractivity contribution in [2.45, 2.75) is 25.3 Å². The summed E-state index contributed by atoms with van der Waals surface area (Å²) < 4.78 is 0. The number of H-pyrrole nitrogens is 1. The summed E-state index contributed by atoms with van der Waals surface area (Å²) in [7, 11) is 0. The molecule has 1 aromatic heterocycles. The molecule has 1 unspecified atom stereocenters. The van der Waals surface area contributed by atoms with E-state index in [1.54, 1.807) is 0 Å². The molecule has 1 rings (SSSR count). The second-order valence-corrected chi connectivity index (χ2v) is 4.52. The smallest absolute Gasteiger partial charge is 0.251 e. The van der Waals surface area contributed by atoms with E-state index in [1.165, 1.54) is 17.8 Å². The Labute approximate surface area is 93.1 Å². The van der Waals surface area contributed by atoms with Crippen LogP contribution in [-0.4, -0.2) is 27.4 Å². The van der Waals surface area contributed by atoms with Crippen LogP contribution < -0.4 is 5.56 Å². The van der Waals surface area contributed by atoms with Gasteiger partial charge in [0.05, 0.1) is 0 Å². The topological polar surface area (TPSA) is 66.0 Å². The van der Waals surface area contributed by atoms with Crippen LogP contribution in [0.15, 0.2) is 15.9 Å². The number of thioether (sulfide) groups is 1. The van der Waals surface area contributed by atoms with Gasteiger partial charge in [0.1, 0.15) is 10.9 Å². The van der Waals surface area contributed by atoms with Gasteiger partial charge >= 0.3 is 0 Å². The van der Waals surface area contributed by atoms with E-state index in [-0.39, 0.29) is 18.1 Å². The Morgan fingerprint density at radius 1 is 1.67 bits per heavy atom. The van der Waals surface area contributed by atoms with E-state index in [0.29, 0.717) is 5.82 Å². The molecule has 84 valence electrons. The van der Waals surface area contributed by atoms with Gasteiger partial charge in [-0.25, -0.2) is 4.98 Å². The molecular formula is C10H16N2O2S. The van der Waals surface area contributed by atoms with Gasteiger partial charge in [-0.1, -0.05) is 13.8 Å². The van der Waals surface area contributed by atoms with E-state index >= 15 is 0 Å². The Balaban J connectivity index is 2.68. The van der Waals surface area contributed by atoms with Crippen molar-refractivity contribution < 1.29 is 5.11 Å². The minimum absolute atomic E-state index is 0.110. The monoisotopic (exact) mass is 228 g/mol. The minimum Gasteiger partial charge on any atom is -0.396 e. The highest BCUT2D eigenvalue weighted by molar-refractivity contribution is 7.99. The molecule has 0 aromatic carbocycles. The van der Waals surface area contributed by atoms with Crippen molar-refractivity contribution in [3.63, 3.8) is 0 Å². The van der Waals surface area contributed by atoms with Crippen LogP contribution in [0.1, 0.15) is 19.7 Å². The average molecular weight is 228 g/mol. The Hall–Kier alpha value is -0.810. The SMILES string of the molecule is CCc1nc(SCC(C)CO)cc(=O)[nH]1. The molecule has 0 saturated heterocycles. The summed E-state index contributed by atoms with van der Waals surface area (Å²) in [6.07, 6.45) is 0.721. The van der Waals surface area contributed by atoms with E-state index in [1.807, 2.05) is 13.8 Å². The molecule has 0 bridgehead atoms. The molecule has 1 heterocycles. The zero-order chi connectivity index (χ0) is 11.3. The van der Waals surface area contributed by atoms with E-state index in [4.69, 9.17) is 5.11 Å². The molecule has 0 amide bonds. The molecule has 2 N–H and O–H groups in total. The van der Waals surface area contributed by atoms with E-state index < -0.39 is 0 Å². The summed E-state index contributed by atoms with van der Waals surface area (Å²) >= 11 is 1.51. The van der Waals surface area contributed by atoms with Crippen LogP contribution >= 0.6 is 11.8 Å². The summed E-state index contributed by atoms with van der Waals surface area (Å²) in [5.74, 6) is 1.71. The third-order valence-electron chi connectivity index (χ3n) is 1.93. The molecule has 1 aromatic rings. The van der Waals surface area contributed by atoms with Gasteiger partial charge in [0, 0.05) is 24.8 Å². The number of aliphatic hydroxyl groups excluding tert-OH is 1. The van der Waals surface area contributed by atoms with Gasteiger partial charge in [-0.2, -0.15) is 0 Å². The minimum atomic E-state index is -0.110. The summed E-state index contributed by atoms with van der Waals surface area (Å²) in [4.78, 5) is 18.2. The lowest BCUT2D eigenvalue weighted by Crippen LogP contribution is -2.11. The molecule has 15 heavy (non-hydrogen) atoms. The molecule has 0 aliphatic heterocycles.